The van der Waals surface area contributed by atoms with E-state index < -0.39 is 5.60 Å². The zero-order valence-corrected chi connectivity index (χ0v) is 15.9. The summed E-state index contributed by atoms with van der Waals surface area (Å²) in [6.45, 7) is 13.8. The quantitative estimate of drug-likeness (QED) is 0.893. The first-order valence-corrected chi connectivity index (χ1v) is 8.87. The van der Waals surface area contributed by atoms with Gasteiger partial charge in [0.15, 0.2) is 0 Å². The van der Waals surface area contributed by atoms with Crippen molar-refractivity contribution in [2.75, 3.05) is 13.1 Å². The molecule has 1 fully saturated rings. The first kappa shape index (κ1) is 18.8. The Morgan fingerprint density at radius 2 is 1.92 bits per heavy atom. The van der Waals surface area contributed by atoms with Gasteiger partial charge in [-0.25, -0.2) is 4.79 Å². The topological polar surface area (TPSA) is 41.6 Å². The van der Waals surface area contributed by atoms with Gasteiger partial charge in [-0.2, -0.15) is 0 Å². The molecular formula is C20H32N2O2. The molecule has 1 unspecified atom stereocenters. The number of carbonyl (C=O) groups is 1. The molecule has 1 aliphatic rings. The number of likely N-dealkylation sites (tertiary alicyclic amines) is 1. The molecule has 0 saturated carbocycles. The molecule has 1 saturated heterocycles. The number of carbonyl (C=O) groups excluding carboxylic acids is 1. The Balaban J connectivity index is 1.97. The number of nitrogens with zero attached hydrogens (tertiary/aromatic N) is 1. The second kappa shape index (κ2) is 7.14. The molecule has 4 nitrogen and oxygen atoms in total. The van der Waals surface area contributed by atoms with Gasteiger partial charge in [0.2, 0.25) is 0 Å². The third-order valence-electron chi connectivity index (χ3n) is 4.63. The number of nitrogens with one attached hydrogen (secondary N) is 1. The molecule has 2 rings (SSSR count). The van der Waals surface area contributed by atoms with Crippen molar-refractivity contribution in [2.24, 2.45) is 5.41 Å². The Hall–Kier alpha value is -1.55. The lowest BCUT2D eigenvalue weighted by molar-refractivity contribution is 0.00132. The van der Waals surface area contributed by atoms with Crippen LogP contribution in [0.5, 0.6) is 0 Å². The minimum Gasteiger partial charge on any atom is -0.444 e. The maximum Gasteiger partial charge on any atom is 0.410 e. The molecule has 24 heavy (non-hydrogen) atoms. The normalized spacial score (nSPS) is 22.1. The number of rotatable bonds is 3. The summed E-state index contributed by atoms with van der Waals surface area (Å²) in [4.78, 5) is 14.2. The average molecular weight is 332 g/mol. The Morgan fingerprint density at radius 3 is 2.46 bits per heavy atom. The molecule has 0 aromatic heterocycles. The predicted molar refractivity (Wildman–Crippen MR) is 98.0 cm³/mol. The molecule has 4 heteroatoms. The van der Waals surface area contributed by atoms with Gasteiger partial charge in [0, 0.05) is 25.2 Å². The van der Waals surface area contributed by atoms with Crippen LogP contribution in [0.25, 0.3) is 0 Å². The van der Waals surface area contributed by atoms with Crippen molar-refractivity contribution in [3.05, 3.63) is 35.9 Å². The van der Waals surface area contributed by atoms with Gasteiger partial charge < -0.3 is 15.0 Å². The second-order valence-corrected chi connectivity index (χ2v) is 8.53. The zero-order valence-electron chi connectivity index (χ0n) is 15.9. The van der Waals surface area contributed by atoms with Crippen LogP contribution >= 0.6 is 0 Å². The Labute approximate surface area is 146 Å². The van der Waals surface area contributed by atoms with Crippen LogP contribution < -0.4 is 5.32 Å². The lowest BCUT2D eigenvalue weighted by Crippen LogP contribution is -2.56. The van der Waals surface area contributed by atoms with Crippen molar-refractivity contribution < 1.29 is 9.53 Å². The standard InChI is InChI=1S/C20H32N2O2/c1-15(16-10-8-7-9-11-16)21-17-12-13-22(14-20(17,5)6)18(23)24-19(2,3)4/h7-11,15,17,21H,12-14H2,1-6H3/t15?,17-/m1/s1. The van der Waals surface area contributed by atoms with Crippen LogP contribution in [0.1, 0.15) is 59.6 Å². The Kier molecular flexibility index (Phi) is 5.59. The molecule has 1 aromatic carbocycles. The largest absolute Gasteiger partial charge is 0.444 e. The summed E-state index contributed by atoms with van der Waals surface area (Å²) < 4.78 is 5.52. The molecule has 1 N–H and O–H groups in total. The smallest absolute Gasteiger partial charge is 0.410 e. The summed E-state index contributed by atoms with van der Waals surface area (Å²) in [5.74, 6) is 0. The molecule has 1 heterocycles. The molecule has 0 bridgehead atoms. The number of benzene rings is 1. The lowest BCUT2D eigenvalue weighted by atomic mass is 9.78. The van der Waals surface area contributed by atoms with E-state index in [1.165, 1.54) is 5.56 Å². The van der Waals surface area contributed by atoms with E-state index >= 15 is 0 Å². The average Bonchev–Trinajstić information content (AvgIpc) is 2.48. The zero-order chi connectivity index (χ0) is 18.0. The van der Waals surface area contributed by atoms with Gasteiger partial charge in [-0.15, -0.1) is 0 Å². The van der Waals surface area contributed by atoms with Gasteiger partial charge in [-0.1, -0.05) is 44.2 Å². The monoisotopic (exact) mass is 332 g/mol. The van der Waals surface area contributed by atoms with E-state index in [1.807, 2.05) is 31.7 Å². The molecule has 0 spiro atoms. The highest BCUT2D eigenvalue weighted by Crippen LogP contribution is 2.32. The van der Waals surface area contributed by atoms with Crippen molar-refractivity contribution in [2.45, 2.75) is 65.6 Å². The fraction of sp³-hybridized carbons (Fsp3) is 0.650. The minimum absolute atomic E-state index is 0.00179. The first-order valence-electron chi connectivity index (χ1n) is 8.87. The fourth-order valence-electron chi connectivity index (χ4n) is 3.29. The number of hydrogen-bond acceptors (Lipinski definition) is 3. The van der Waals surface area contributed by atoms with Crippen LogP contribution in [-0.4, -0.2) is 35.7 Å². The highest BCUT2D eigenvalue weighted by molar-refractivity contribution is 5.68. The van der Waals surface area contributed by atoms with E-state index in [1.54, 1.807) is 0 Å². The molecule has 2 atom stereocenters. The van der Waals surface area contributed by atoms with E-state index in [9.17, 15) is 4.79 Å². The summed E-state index contributed by atoms with van der Waals surface area (Å²) in [7, 11) is 0. The number of ether oxygens (including phenoxy) is 1. The van der Waals surface area contributed by atoms with Gasteiger partial charge >= 0.3 is 6.09 Å². The lowest BCUT2D eigenvalue weighted by Gasteiger charge is -2.45. The van der Waals surface area contributed by atoms with E-state index in [0.29, 0.717) is 18.6 Å². The number of amides is 1. The number of piperidine rings is 1. The third-order valence-corrected chi connectivity index (χ3v) is 4.63. The first-order chi connectivity index (χ1) is 11.1. The van der Waals surface area contributed by atoms with E-state index in [4.69, 9.17) is 4.74 Å². The van der Waals surface area contributed by atoms with Crippen molar-refractivity contribution in [1.82, 2.24) is 10.2 Å². The van der Waals surface area contributed by atoms with Crippen LogP contribution in [0.15, 0.2) is 30.3 Å². The summed E-state index contributed by atoms with van der Waals surface area (Å²) in [5, 5.41) is 3.75. The Morgan fingerprint density at radius 1 is 1.29 bits per heavy atom. The molecule has 134 valence electrons. The van der Waals surface area contributed by atoms with Crippen LogP contribution in [-0.2, 0) is 4.74 Å². The Bertz CT molecular complexity index is 549. The van der Waals surface area contributed by atoms with Crippen molar-refractivity contribution in [1.29, 1.82) is 0 Å². The molecular weight excluding hydrogens is 300 g/mol. The maximum absolute atomic E-state index is 12.3. The van der Waals surface area contributed by atoms with Gasteiger partial charge in [0.1, 0.15) is 5.60 Å². The number of hydrogen-bond donors (Lipinski definition) is 1. The van der Waals surface area contributed by atoms with E-state index in [2.05, 4.69) is 50.4 Å². The van der Waals surface area contributed by atoms with Gasteiger partial charge in [0.05, 0.1) is 0 Å². The summed E-state index contributed by atoms with van der Waals surface area (Å²) in [6, 6.07) is 11.2. The van der Waals surface area contributed by atoms with Gasteiger partial charge in [0.25, 0.3) is 0 Å². The third kappa shape index (κ3) is 4.97. The minimum atomic E-state index is -0.446. The van der Waals surface area contributed by atoms with E-state index in [-0.39, 0.29) is 11.5 Å². The van der Waals surface area contributed by atoms with E-state index in [0.717, 1.165) is 13.0 Å². The van der Waals surface area contributed by atoms with Crippen LogP contribution in [0.4, 0.5) is 4.79 Å². The van der Waals surface area contributed by atoms with Crippen molar-refractivity contribution in [3.63, 3.8) is 0 Å². The molecule has 1 amide bonds. The van der Waals surface area contributed by atoms with Crippen molar-refractivity contribution >= 4 is 6.09 Å². The van der Waals surface area contributed by atoms with Gasteiger partial charge in [-0.3, -0.25) is 0 Å². The fourth-order valence-corrected chi connectivity index (χ4v) is 3.29. The highest BCUT2D eigenvalue weighted by Gasteiger charge is 2.39. The summed E-state index contributed by atoms with van der Waals surface area (Å²) >= 11 is 0. The molecule has 1 aromatic rings. The summed E-state index contributed by atoms with van der Waals surface area (Å²) in [6.07, 6.45) is 0.730. The molecule has 0 radical (unpaired) electrons. The molecule has 0 aliphatic carbocycles. The SMILES string of the molecule is CC(N[C@@H]1CCN(C(=O)OC(C)(C)C)CC1(C)C)c1ccccc1. The predicted octanol–water partition coefficient (Wildman–Crippen LogP) is 4.37. The highest BCUT2D eigenvalue weighted by atomic mass is 16.6. The molecule has 1 aliphatic heterocycles. The second-order valence-electron chi connectivity index (χ2n) is 8.53. The van der Waals surface area contributed by atoms with Crippen LogP contribution in [0.3, 0.4) is 0 Å². The summed E-state index contributed by atoms with van der Waals surface area (Å²) in [5.41, 5.74) is 0.846. The maximum atomic E-state index is 12.3. The van der Waals surface area contributed by atoms with Crippen LogP contribution in [0, 0.1) is 5.41 Å². The van der Waals surface area contributed by atoms with Crippen molar-refractivity contribution in [3.8, 4) is 0 Å². The van der Waals surface area contributed by atoms with Crippen LogP contribution in [0.2, 0.25) is 0 Å². The van der Waals surface area contributed by atoms with Gasteiger partial charge in [-0.05, 0) is 45.1 Å².